The minimum Gasteiger partial charge on any atom is -0.208 e. The molecule has 3 heteroatoms. The predicted molar refractivity (Wildman–Crippen MR) is 353 cm³/mol. The van der Waals surface area contributed by atoms with E-state index in [0.29, 0.717) is 17.5 Å². The normalized spacial score (nSPS) is 13.0. The Kier molecular flexibility index (Phi) is 9.54. The van der Waals surface area contributed by atoms with E-state index in [1.165, 1.54) is 131 Å². The number of fused-ring (bicyclic) bond motifs is 10. The number of benzene rings is 16. The zero-order chi connectivity index (χ0) is 55.5. The topological polar surface area (TPSA) is 38.7 Å². The van der Waals surface area contributed by atoms with Crippen LogP contribution in [0, 0.1) is 0 Å². The van der Waals surface area contributed by atoms with E-state index in [0.717, 1.165) is 38.9 Å². The van der Waals surface area contributed by atoms with Gasteiger partial charge in [-0.25, -0.2) is 15.0 Å². The van der Waals surface area contributed by atoms with Gasteiger partial charge in [0.05, 0.1) is 5.41 Å². The molecule has 3 nitrogen and oxygen atoms in total. The fourth-order valence-corrected chi connectivity index (χ4v) is 15.3. The molecule has 2 aliphatic rings. The van der Waals surface area contributed by atoms with Crippen LogP contribution in [0.5, 0.6) is 0 Å². The molecule has 1 spiro atoms. The van der Waals surface area contributed by atoms with Gasteiger partial charge in [-0.05, 0) is 190 Å². The second-order valence-corrected chi connectivity index (χ2v) is 23.3. The van der Waals surface area contributed by atoms with Gasteiger partial charge in [0.15, 0.2) is 17.5 Å². The van der Waals surface area contributed by atoms with Gasteiger partial charge in [-0.3, -0.25) is 0 Å². The fraction of sp³-hybridized carbons (Fsp3) is 0.0122. The van der Waals surface area contributed by atoms with Crippen molar-refractivity contribution in [3.63, 3.8) is 0 Å². The van der Waals surface area contributed by atoms with Crippen molar-refractivity contribution in [2.24, 2.45) is 0 Å². The van der Waals surface area contributed by atoms with Gasteiger partial charge in [-0.1, -0.05) is 249 Å². The van der Waals surface area contributed by atoms with Crippen LogP contribution < -0.4 is 0 Å². The molecule has 390 valence electrons. The predicted octanol–water partition coefficient (Wildman–Crippen LogP) is 21.1. The van der Waals surface area contributed by atoms with Gasteiger partial charge >= 0.3 is 0 Å². The van der Waals surface area contributed by atoms with Crippen molar-refractivity contribution < 1.29 is 0 Å². The lowest BCUT2D eigenvalue weighted by atomic mass is 9.70. The Morgan fingerprint density at radius 2 is 0.553 bits per heavy atom. The zero-order valence-electron chi connectivity index (χ0n) is 46.0. The van der Waals surface area contributed by atoms with E-state index in [-0.39, 0.29) is 0 Å². The largest absolute Gasteiger partial charge is 0.208 e. The van der Waals surface area contributed by atoms with Crippen molar-refractivity contribution in [3.05, 3.63) is 307 Å². The van der Waals surface area contributed by atoms with Gasteiger partial charge in [-0.2, -0.15) is 0 Å². The number of hydrogen-bond acceptors (Lipinski definition) is 3. The van der Waals surface area contributed by atoms with Crippen molar-refractivity contribution in [1.29, 1.82) is 0 Å². The van der Waals surface area contributed by atoms with Crippen LogP contribution in [-0.4, -0.2) is 15.0 Å². The van der Waals surface area contributed by atoms with Crippen LogP contribution in [-0.2, 0) is 5.41 Å². The van der Waals surface area contributed by atoms with E-state index in [2.05, 4.69) is 249 Å². The standard InChI is InChI=1S/C82H47N3/c1-4-16-50(17-5-1)67-45-57-38-41-66-68(46-56-35-34-51-32-33-52-36-40-65(67)77-74(52)73(51)75(56)78(66)76(57)77)59-42-58(43-60(44-59)81-84-79(53-18-6-2-7-19-53)83-80(85-81)54-20-8-3-9-21-54)49-30-28-48(29-31-49)55-37-39-64-63-24-12-15-27-71(63)82(72(64)47-55)69-25-13-10-22-61(69)62-23-11-14-26-70(62)82/h1-47H. The minimum absolute atomic E-state index is 0.417. The van der Waals surface area contributed by atoms with Crippen LogP contribution >= 0.6 is 0 Å². The highest BCUT2D eigenvalue weighted by molar-refractivity contribution is 6.46. The van der Waals surface area contributed by atoms with Gasteiger partial charge in [-0.15, -0.1) is 0 Å². The van der Waals surface area contributed by atoms with Crippen molar-refractivity contribution in [1.82, 2.24) is 15.0 Å². The van der Waals surface area contributed by atoms with Gasteiger partial charge in [0, 0.05) is 16.7 Å². The molecule has 0 amide bonds. The molecule has 19 rings (SSSR count). The third-order valence-electron chi connectivity index (χ3n) is 19.0. The zero-order valence-corrected chi connectivity index (χ0v) is 46.0. The SMILES string of the molecule is c1ccc(-c2nc(-c3ccccc3)nc(-c3cc(-c4ccc(-c5ccc6c(c5)C5(c7ccccc7-c7ccccc75)c5ccccc5-6)cc4)cc(-c4cc5ccc6ccc7ccc8c(-c9ccccc9)cc9ccc4c4c5c6c7c8c94)c3)n2)cc1. The summed E-state index contributed by atoms with van der Waals surface area (Å²) < 4.78 is 0. The third-order valence-corrected chi connectivity index (χ3v) is 19.0. The van der Waals surface area contributed by atoms with E-state index in [4.69, 9.17) is 15.0 Å². The van der Waals surface area contributed by atoms with Crippen molar-refractivity contribution >= 4 is 64.6 Å². The summed E-state index contributed by atoms with van der Waals surface area (Å²) in [6.07, 6.45) is 0. The Bertz CT molecular complexity index is 5450. The molecule has 17 aromatic rings. The first-order valence-corrected chi connectivity index (χ1v) is 29.4. The lowest BCUT2D eigenvalue weighted by molar-refractivity contribution is 0.794. The summed E-state index contributed by atoms with van der Waals surface area (Å²) in [4.78, 5) is 15.8. The van der Waals surface area contributed by atoms with Crippen molar-refractivity contribution in [2.45, 2.75) is 5.41 Å². The third kappa shape index (κ3) is 6.52. The van der Waals surface area contributed by atoms with E-state index in [1.807, 2.05) is 36.4 Å². The van der Waals surface area contributed by atoms with Crippen LogP contribution in [0.4, 0.5) is 0 Å². The summed E-state index contributed by atoms with van der Waals surface area (Å²) >= 11 is 0. The number of hydrogen-bond donors (Lipinski definition) is 0. The Hall–Kier alpha value is -11.1. The van der Waals surface area contributed by atoms with Crippen molar-refractivity contribution in [2.75, 3.05) is 0 Å². The maximum atomic E-state index is 5.35. The van der Waals surface area contributed by atoms with Crippen LogP contribution in [0.1, 0.15) is 22.3 Å². The molecule has 2 aliphatic carbocycles. The van der Waals surface area contributed by atoms with Crippen LogP contribution in [0.3, 0.4) is 0 Å². The molecular weight excluding hydrogens is 1030 g/mol. The average molecular weight is 1070 g/mol. The first-order chi connectivity index (χ1) is 42.1. The second-order valence-electron chi connectivity index (χ2n) is 23.3. The second kappa shape index (κ2) is 17.4. The molecule has 0 fully saturated rings. The van der Waals surface area contributed by atoms with E-state index in [9.17, 15) is 0 Å². The summed E-state index contributed by atoms with van der Waals surface area (Å²) in [5.74, 6) is 1.87. The van der Waals surface area contributed by atoms with E-state index < -0.39 is 5.41 Å². The van der Waals surface area contributed by atoms with Crippen LogP contribution in [0.25, 0.3) is 166 Å². The maximum absolute atomic E-state index is 5.35. The molecule has 16 aromatic carbocycles. The lowest BCUT2D eigenvalue weighted by Crippen LogP contribution is -2.25. The highest BCUT2D eigenvalue weighted by Crippen LogP contribution is 2.63. The van der Waals surface area contributed by atoms with Gasteiger partial charge in [0.25, 0.3) is 0 Å². The van der Waals surface area contributed by atoms with E-state index in [1.54, 1.807) is 0 Å². The van der Waals surface area contributed by atoms with Crippen LogP contribution in [0.15, 0.2) is 285 Å². The molecule has 1 heterocycles. The van der Waals surface area contributed by atoms with Crippen molar-refractivity contribution in [3.8, 4) is 101 Å². The number of aromatic nitrogens is 3. The maximum Gasteiger partial charge on any atom is 0.164 e. The Balaban J connectivity index is 0.826. The quantitative estimate of drug-likeness (QED) is 0.118. The highest BCUT2D eigenvalue weighted by Gasteiger charge is 2.51. The molecule has 85 heavy (non-hydrogen) atoms. The first kappa shape index (κ1) is 46.5. The van der Waals surface area contributed by atoms with Gasteiger partial charge in [0.2, 0.25) is 0 Å². The van der Waals surface area contributed by atoms with Crippen LogP contribution in [0.2, 0.25) is 0 Å². The highest BCUT2D eigenvalue weighted by atomic mass is 15.0. The molecule has 0 bridgehead atoms. The summed E-state index contributed by atoms with van der Waals surface area (Å²) in [6.45, 7) is 0. The van der Waals surface area contributed by atoms with Gasteiger partial charge in [0.1, 0.15) is 0 Å². The smallest absolute Gasteiger partial charge is 0.164 e. The summed E-state index contributed by atoms with van der Waals surface area (Å²) in [5, 5.41) is 15.5. The number of nitrogens with zero attached hydrogens (tertiary/aromatic N) is 3. The molecule has 1 aromatic heterocycles. The molecule has 0 unspecified atom stereocenters. The number of rotatable bonds is 7. The molecule has 0 N–H and O–H groups in total. The molecule has 0 saturated carbocycles. The molecule has 0 aliphatic heterocycles. The minimum atomic E-state index is -0.417. The Labute approximate surface area is 490 Å². The van der Waals surface area contributed by atoms with Gasteiger partial charge < -0.3 is 0 Å². The summed E-state index contributed by atoms with van der Waals surface area (Å²) in [6, 6.07) is 105. The summed E-state index contributed by atoms with van der Waals surface area (Å²) in [7, 11) is 0. The van der Waals surface area contributed by atoms with E-state index >= 15 is 0 Å². The Morgan fingerprint density at radius 3 is 1.11 bits per heavy atom. The fourth-order valence-electron chi connectivity index (χ4n) is 15.3. The Morgan fingerprint density at radius 1 is 0.188 bits per heavy atom. The lowest BCUT2D eigenvalue weighted by Gasteiger charge is -2.30. The summed E-state index contributed by atoms with van der Waals surface area (Å²) in [5.41, 5.74) is 22.2. The molecular formula is C82H47N3. The molecule has 0 atom stereocenters. The molecule has 0 radical (unpaired) electrons. The first-order valence-electron chi connectivity index (χ1n) is 29.4. The average Bonchev–Trinajstić information content (AvgIpc) is 1.74. The molecule has 0 saturated heterocycles. The monoisotopic (exact) mass is 1070 g/mol.